The summed E-state index contributed by atoms with van der Waals surface area (Å²) in [7, 11) is 4.11. The zero-order valence-electron chi connectivity index (χ0n) is 20.9. The highest BCUT2D eigenvalue weighted by Gasteiger charge is 2.51. The van der Waals surface area contributed by atoms with Crippen LogP contribution in [-0.2, 0) is 5.41 Å². The van der Waals surface area contributed by atoms with Gasteiger partial charge in [0, 0.05) is 30.4 Å². The number of likely N-dealkylation sites (N-methyl/N-ethyl adjacent to an activating group) is 1. The lowest BCUT2D eigenvalue weighted by Crippen LogP contribution is -2.38. The highest BCUT2D eigenvalue weighted by Crippen LogP contribution is 2.54. The molecule has 1 atom stereocenters. The molecule has 36 heavy (non-hydrogen) atoms. The maximum atomic E-state index is 6.38. The lowest BCUT2D eigenvalue weighted by molar-refractivity contribution is 0.259. The van der Waals surface area contributed by atoms with Crippen molar-refractivity contribution in [3.05, 3.63) is 125 Å². The molecular weight excluding hydrogens is 444 g/mol. The van der Waals surface area contributed by atoms with Gasteiger partial charge in [-0.25, -0.2) is 0 Å². The molecule has 0 N–H and O–H groups in total. The summed E-state index contributed by atoms with van der Waals surface area (Å²) < 4.78 is 12.4. The van der Waals surface area contributed by atoms with E-state index in [0.29, 0.717) is 13.2 Å². The number of para-hydroxylation sites is 1. The largest absolute Gasteiger partial charge is 0.492 e. The van der Waals surface area contributed by atoms with E-state index in [9.17, 15) is 0 Å². The van der Waals surface area contributed by atoms with E-state index in [4.69, 9.17) is 9.47 Å². The number of ether oxygens (including phenoxy) is 2. The molecule has 0 bridgehead atoms. The van der Waals surface area contributed by atoms with Crippen LogP contribution < -0.4 is 14.4 Å². The van der Waals surface area contributed by atoms with Gasteiger partial charge >= 0.3 is 0 Å². The molecule has 4 nitrogen and oxygen atoms in total. The van der Waals surface area contributed by atoms with Gasteiger partial charge in [0.2, 0.25) is 0 Å². The van der Waals surface area contributed by atoms with E-state index >= 15 is 0 Å². The van der Waals surface area contributed by atoms with Crippen molar-refractivity contribution in [1.82, 2.24) is 4.90 Å². The minimum Gasteiger partial charge on any atom is -0.492 e. The average Bonchev–Trinajstić information content (AvgIpc) is 3.44. The van der Waals surface area contributed by atoms with E-state index in [1.165, 1.54) is 27.9 Å². The first kappa shape index (κ1) is 22.7. The maximum absolute atomic E-state index is 6.38. The van der Waals surface area contributed by atoms with E-state index in [1.54, 1.807) is 0 Å². The molecule has 1 spiro atoms. The quantitative estimate of drug-likeness (QED) is 0.331. The fourth-order valence-electron chi connectivity index (χ4n) is 5.73. The molecule has 0 saturated carbocycles. The number of nitrogens with zero attached hydrogens (tertiary/aromatic N) is 2. The molecule has 0 amide bonds. The lowest BCUT2D eigenvalue weighted by atomic mass is 9.78. The van der Waals surface area contributed by atoms with E-state index in [0.717, 1.165) is 24.6 Å². The Morgan fingerprint density at radius 2 is 1.50 bits per heavy atom. The van der Waals surface area contributed by atoms with Crippen LogP contribution in [0.5, 0.6) is 11.5 Å². The molecule has 0 aliphatic carbocycles. The van der Waals surface area contributed by atoms with Crippen molar-refractivity contribution in [1.29, 1.82) is 0 Å². The van der Waals surface area contributed by atoms with Crippen LogP contribution in [-0.4, -0.2) is 45.3 Å². The third kappa shape index (κ3) is 3.92. The molecule has 2 heterocycles. The van der Waals surface area contributed by atoms with Gasteiger partial charge in [0.25, 0.3) is 0 Å². The van der Waals surface area contributed by atoms with Crippen molar-refractivity contribution in [2.45, 2.75) is 11.5 Å². The zero-order chi connectivity index (χ0) is 24.5. The monoisotopic (exact) mass is 476 g/mol. The van der Waals surface area contributed by atoms with Crippen molar-refractivity contribution in [2.75, 3.05) is 45.3 Å². The normalized spacial score (nSPS) is 17.9. The minimum absolute atomic E-state index is 0.116. The zero-order valence-corrected chi connectivity index (χ0v) is 20.9. The van der Waals surface area contributed by atoms with Crippen LogP contribution >= 0.6 is 0 Å². The Hall–Kier alpha value is -3.76. The smallest absolute Gasteiger partial charge is 0.127 e. The number of fused-ring (bicyclic) bond motifs is 4. The summed E-state index contributed by atoms with van der Waals surface area (Å²) in [5.41, 5.74) is 6.23. The Labute approximate surface area is 213 Å². The molecule has 182 valence electrons. The summed E-state index contributed by atoms with van der Waals surface area (Å²) in [5.74, 6) is 1.80. The van der Waals surface area contributed by atoms with Crippen LogP contribution in [0.1, 0.15) is 28.3 Å². The lowest BCUT2D eigenvalue weighted by Gasteiger charge is -2.33. The van der Waals surface area contributed by atoms with Gasteiger partial charge in [-0.05, 0) is 42.9 Å². The summed E-state index contributed by atoms with van der Waals surface area (Å²) >= 11 is 0. The second kappa shape index (κ2) is 9.36. The first-order chi connectivity index (χ1) is 17.7. The van der Waals surface area contributed by atoms with E-state index in [2.05, 4.69) is 127 Å². The second-order valence-corrected chi connectivity index (χ2v) is 10.0. The molecule has 1 unspecified atom stereocenters. The van der Waals surface area contributed by atoms with Gasteiger partial charge in [-0.3, -0.25) is 0 Å². The van der Waals surface area contributed by atoms with Crippen molar-refractivity contribution in [2.24, 2.45) is 0 Å². The standard InChI is InChI=1S/C32H32N2O2/c1-33(2)19-20-35-26-17-18-28-30(21-26)36-23-32(28)22-34(29-16-10-9-15-27(29)32)31(24-11-5-3-6-12-24)25-13-7-4-8-14-25/h3-18,21,31H,19-20,22-23H2,1-2H3. The van der Waals surface area contributed by atoms with E-state index < -0.39 is 0 Å². The molecule has 0 fully saturated rings. The molecule has 0 aromatic heterocycles. The van der Waals surface area contributed by atoms with Crippen LogP contribution in [0.3, 0.4) is 0 Å². The molecule has 4 aromatic carbocycles. The van der Waals surface area contributed by atoms with Crippen molar-refractivity contribution >= 4 is 5.69 Å². The van der Waals surface area contributed by atoms with Gasteiger partial charge in [0.05, 0.1) is 11.5 Å². The van der Waals surface area contributed by atoms with Gasteiger partial charge in [-0.1, -0.05) is 84.9 Å². The summed E-state index contributed by atoms with van der Waals surface area (Å²) in [5, 5.41) is 0. The number of anilines is 1. The summed E-state index contributed by atoms with van der Waals surface area (Å²) in [4.78, 5) is 4.69. The first-order valence-electron chi connectivity index (χ1n) is 12.7. The molecule has 0 saturated heterocycles. The molecule has 2 aliphatic rings. The highest BCUT2D eigenvalue weighted by molar-refractivity contribution is 5.71. The molecule has 2 aliphatic heterocycles. The fraction of sp³-hybridized carbons (Fsp3) is 0.250. The van der Waals surface area contributed by atoms with Crippen molar-refractivity contribution in [3.63, 3.8) is 0 Å². The number of benzene rings is 4. The Morgan fingerprint density at radius 3 is 2.19 bits per heavy atom. The van der Waals surface area contributed by atoms with Crippen LogP contribution in [0, 0.1) is 0 Å². The summed E-state index contributed by atoms with van der Waals surface area (Å²) in [6.07, 6.45) is 0. The van der Waals surface area contributed by atoms with Gasteiger partial charge in [-0.2, -0.15) is 0 Å². The van der Waals surface area contributed by atoms with Crippen LogP contribution in [0.25, 0.3) is 0 Å². The van der Waals surface area contributed by atoms with Crippen LogP contribution in [0.4, 0.5) is 5.69 Å². The first-order valence-corrected chi connectivity index (χ1v) is 12.7. The van der Waals surface area contributed by atoms with Gasteiger partial charge in [-0.15, -0.1) is 0 Å². The van der Waals surface area contributed by atoms with Crippen LogP contribution in [0.2, 0.25) is 0 Å². The van der Waals surface area contributed by atoms with Crippen molar-refractivity contribution < 1.29 is 9.47 Å². The Balaban J connectivity index is 1.40. The van der Waals surface area contributed by atoms with Crippen molar-refractivity contribution in [3.8, 4) is 11.5 Å². The molecule has 0 radical (unpaired) electrons. The maximum Gasteiger partial charge on any atom is 0.127 e. The SMILES string of the molecule is CN(C)CCOc1ccc2c(c1)OCC21CN(C(c2ccccc2)c2ccccc2)c2ccccc21. The fourth-order valence-corrected chi connectivity index (χ4v) is 5.73. The third-order valence-corrected chi connectivity index (χ3v) is 7.46. The summed E-state index contributed by atoms with van der Waals surface area (Å²) in [6.45, 7) is 3.02. The predicted molar refractivity (Wildman–Crippen MR) is 145 cm³/mol. The van der Waals surface area contributed by atoms with E-state index in [-0.39, 0.29) is 11.5 Å². The predicted octanol–water partition coefficient (Wildman–Crippen LogP) is 5.92. The van der Waals surface area contributed by atoms with Gasteiger partial charge in [0.15, 0.2) is 0 Å². The topological polar surface area (TPSA) is 24.9 Å². The Kier molecular flexibility index (Phi) is 5.90. The Morgan fingerprint density at radius 1 is 0.833 bits per heavy atom. The molecule has 4 aromatic rings. The van der Waals surface area contributed by atoms with Crippen LogP contribution in [0.15, 0.2) is 103 Å². The Bertz CT molecular complexity index is 1300. The molecule has 4 heteroatoms. The number of hydrogen-bond acceptors (Lipinski definition) is 4. The minimum atomic E-state index is -0.212. The molecule has 6 rings (SSSR count). The number of rotatable bonds is 7. The molecular formula is C32H32N2O2. The average molecular weight is 477 g/mol. The van der Waals surface area contributed by atoms with Gasteiger partial charge in [0.1, 0.15) is 24.7 Å². The third-order valence-electron chi connectivity index (χ3n) is 7.46. The van der Waals surface area contributed by atoms with E-state index in [1.807, 2.05) is 0 Å². The highest BCUT2D eigenvalue weighted by atomic mass is 16.5. The van der Waals surface area contributed by atoms with Gasteiger partial charge < -0.3 is 19.3 Å². The number of hydrogen-bond donors (Lipinski definition) is 0. The second-order valence-electron chi connectivity index (χ2n) is 10.0. The summed E-state index contributed by atoms with van der Waals surface area (Å²) in [6, 6.07) is 37.0.